The molecule has 80 valence electrons. The summed E-state index contributed by atoms with van der Waals surface area (Å²) >= 11 is 0. The molecule has 0 aliphatic carbocycles. The number of nitrogens with one attached hydrogen (secondary N) is 1. The average molecular weight is 213 g/mol. The van der Waals surface area contributed by atoms with Crippen LogP contribution in [0.4, 0.5) is 5.69 Å². The van der Waals surface area contributed by atoms with Gasteiger partial charge in [0.25, 0.3) is 0 Å². The predicted molar refractivity (Wildman–Crippen MR) is 59.5 cm³/mol. The lowest BCUT2D eigenvalue weighted by Crippen LogP contribution is -1.98. The van der Waals surface area contributed by atoms with Crippen LogP contribution in [0.5, 0.6) is 0 Å². The van der Waals surface area contributed by atoms with Gasteiger partial charge in [0, 0.05) is 19.8 Å². The van der Waals surface area contributed by atoms with Gasteiger partial charge in [-0.05, 0) is 11.6 Å². The lowest BCUT2D eigenvalue weighted by molar-refractivity contribution is 0.902. The maximum absolute atomic E-state index is 8.81. The lowest BCUT2D eigenvalue weighted by Gasteiger charge is -2.02. The van der Waals surface area contributed by atoms with Crippen LogP contribution in [0.15, 0.2) is 31.0 Å². The summed E-state index contributed by atoms with van der Waals surface area (Å²) in [5.41, 5.74) is 2.58. The molecule has 0 spiro atoms. The molecule has 0 unspecified atom stereocenters. The van der Waals surface area contributed by atoms with E-state index in [0.29, 0.717) is 12.2 Å². The summed E-state index contributed by atoms with van der Waals surface area (Å²) in [5.74, 6) is 0. The van der Waals surface area contributed by atoms with Crippen LogP contribution in [0, 0.1) is 11.3 Å². The molecule has 0 aliphatic rings. The minimum atomic E-state index is 0.654. The number of anilines is 1. The van der Waals surface area contributed by atoms with Crippen molar-refractivity contribution in [2.24, 2.45) is 7.05 Å². The summed E-state index contributed by atoms with van der Waals surface area (Å²) in [4.78, 5) is 7.81. The third kappa shape index (κ3) is 2.17. The zero-order chi connectivity index (χ0) is 11.4. The molecule has 0 saturated heterocycles. The summed E-state index contributed by atoms with van der Waals surface area (Å²) in [7, 11) is 1.85. The van der Waals surface area contributed by atoms with E-state index in [1.54, 1.807) is 17.0 Å². The van der Waals surface area contributed by atoms with Crippen LogP contribution in [-0.4, -0.2) is 14.5 Å². The van der Waals surface area contributed by atoms with E-state index in [2.05, 4.69) is 21.4 Å². The summed E-state index contributed by atoms with van der Waals surface area (Å²) in [6, 6.07) is 3.98. The number of hydrogen-bond acceptors (Lipinski definition) is 4. The van der Waals surface area contributed by atoms with Crippen molar-refractivity contribution in [2.75, 3.05) is 5.32 Å². The van der Waals surface area contributed by atoms with E-state index in [-0.39, 0.29) is 0 Å². The molecule has 0 radical (unpaired) electrons. The fraction of sp³-hybridized carbons (Fsp3) is 0.182. The van der Waals surface area contributed by atoms with Gasteiger partial charge in [-0.1, -0.05) is 0 Å². The van der Waals surface area contributed by atoms with Crippen molar-refractivity contribution in [2.45, 2.75) is 6.54 Å². The van der Waals surface area contributed by atoms with Gasteiger partial charge in [0.1, 0.15) is 18.1 Å². The van der Waals surface area contributed by atoms with Crippen LogP contribution >= 0.6 is 0 Å². The van der Waals surface area contributed by atoms with Crippen LogP contribution in [0.1, 0.15) is 11.3 Å². The van der Waals surface area contributed by atoms with E-state index >= 15 is 0 Å². The standard InChI is InChI=1S/C11H11N5/c1-16-7-9(2-11(16)3-12)4-15-10-5-13-8-14-6-10/h2,5-8,15H,4H2,1H3. The number of aromatic nitrogens is 3. The Balaban J connectivity index is 2.03. The van der Waals surface area contributed by atoms with Crippen LogP contribution in [0.25, 0.3) is 0 Å². The van der Waals surface area contributed by atoms with Gasteiger partial charge >= 0.3 is 0 Å². The van der Waals surface area contributed by atoms with Crippen LogP contribution in [0.2, 0.25) is 0 Å². The minimum absolute atomic E-state index is 0.654. The molecule has 5 nitrogen and oxygen atoms in total. The minimum Gasteiger partial charge on any atom is -0.378 e. The Bertz CT molecular complexity index is 509. The highest BCUT2D eigenvalue weighted by atomic mass is 15.0. The molecule has 0 amide bonds. The highest BCUT2D eigenvalue weighted by Crippen LogP contribution is 2.09. The SMILES string of the molecule is Cn1cc(CNc2cncnc2)cc1C#N. The second-order valence-corrected chi connectivity index (χ2v) is 3.44. The maximum Gasteiger partial charge on any atom is 0.120 e. The maximum atomic E-state index is 8.81. The van der Waals surface area contributed by atoms with Crippen molar-refractivity contribution >= 4 is 5.69 Å². The van der Waals surface area contributed by atoms with Crippen molar-refractivity contribution in [3.63, 3.8) is 0 Å². The van der Waals surface area contributed by atoms with E-state index in [0.717, 1.165) is 11.3 Å². The third-order valence-corrected chi connectivity index (χ3v) is 2.23. The van der Waals surface area contributed by atoms with E-state index in [4.69, 9.17) is 5.26 Å². The van der Waals surface area contributed by atoms with Crippen molar-refractivity contribution in [3.05, 3.63) is 42.2 Å². The molecular formula is C11H11N5. The highest BCUT2D eigenvalue weighted by molar-refractivity contribution is 5.39. The summed E-state index contributed by atoms with van der Waals surface area (Å²) in [5, 5.41) is 12.0. The molecule has 2 aromatic rings. The first-order chi connectivity index (χ1) is 7.79. The third-order valence-electron chi connectivity index (χ3n) is 2.23. The molecule has 5 heteroatoms. The zero-order valence-electron chi connectivity index (χ0n) is 8.88. The van der Waals surface area contributed by atoms with Gasteiger partial charge in [0.2, 0.25) is 0 Å². The van der Waals surface area contributed by atoms with E-state index in [1.807, 2.05) is 19.3 Å². The van der Waals surface area contributed by atoms with Crippen LogP contribution in [-0.2, 0) is 13.6 Å². The molecule has 0 fully saturated rings. The topological polar surface area (TPSA) is 66.5 Å². The van der Waals surface area contributed by atoms with Gasteiger partial charge in [-0.15, -0.1) is 0 Å². The van der Waals surface area contributed by atoms with Gasteiger partial charge in [0.05, 0.1) is 18.1 Å². The first-order valence-corrected chi connectivity index (χ1v) is 4.84. The largest absolute Gasteiger partial charge is 0.378 e. The second-order valence-electron chi connectivity index (χ2n) is 3.44. The molecule has 0 atom stereocenters. The summed E-state index contributed by atoms with van der Waals surface area (Å²) < 4.78 is 1.80. The molecule has 0 bridgehead atoms. The molecule has 0 aromatic carbocycles. The molecule has 2 rings (SSSR count). The van der Waals surface area contributed by atoms with Crippen molar-refractivity contribution in [1.82, 2.24) is 14.5 Å². The molecular weight excluding hydrogens is 202 g/mol. The Morgan fingerprint density at radius 1 is 1.44 bits per heavy atom. The fourth-order valence-electron chi connectivity index (χ4n) is 1.44. The zero-order valence-corrected chi connectivity index (χ0v) is 8.88. The smallest absolute Gasteiger partial charge is 0.120 e. The Morgan fingerprint density at radius 3 is 2.81 bits per heavy atom. The van der Waals surface area contributed by atoms with Gasteiger partial charge < -0.3 is 9.88 Å². The monoisotopic (exact) mass is 213 g/mol. The number of nitriles is 1. The number of nitrogens with zero attached hydrogens (tertiary/aromatic N) is 4. The van der Waals surface area contributed by atoms with Gasteiger partial charge in [0.15, 0.2) is 0 Å². The van der Waals surface area contributed by atoms with E-state index in [1.165, 1.54) is 6.33 Å². The number of aryl methyl sites for hydroxylation is 1. The van der Waals surface area contributed by atoms with Gasteiger partial charge in [-0.3, -0.25) is 0 Å². The molecule has 0 aliphatic heterocycles. The predicted octanol–water partition coefficient (Wildman–Crippen LogP) is 1.30. The van der Waals surface area contributed by atoms with Gasteiger partial charge in [-0.25, -0.2) is 9.97 Å². The van der Waals surface area contributed by atoms with Crippen molar-refractivity contribution < 1.29 is 0 Å². The Hall–Kier alpha value is -2.35. The first kappa shape index (κ1) is 10.2. The fourth-order valence-corrected chi connectivity index (χ4v) is 1.44. The molecule has 2 aromatic heterocycles. The summed E-state index contributed by atoms with van der Waals surface area (Å²) in [6.07, 6.45) is 6.83. The molecule has 0 saturated carbocycles. The quantitative estimate of drug-likeness (QED) is 0.834. The number of rotatable bonds is 3. The Kier molecular flexibility index (Phi) is 2.83. The Morgan fingerprint density at radius 2 is 2.19 bits per heavy atom. The van der Waals surface area contributed by atoms with Crippen LogP contribution in [0.3, 0.4) is 0 Å². The molecule has 2 heterocycles. The molecule has 16 heavy (non-hydrogen) atoms. The molecule has 1 N–H and O–H groups in total. The normalized spacial score (nSPS) is 9.75. The average Bonchev–Trinajstić information content (AvgIpc) is 2.69. The Labute approximate surface area is 93.4 Å². The van der Waals surface area contributed by atoms with E-state index < -0.39 is 0 Å². The highest BCUT2D eigenvalue weighted by Gasteiger charge is 2.01. The van der Waals surface area contributed by atoms with Crippen molar-refractivity contribution in [3.8, 4) is 6.07 Å². The number of hydrogen-bond donors (Lipinski definition) is 1. The van der Waals surface area contributed by atoms with Crippen molar-refractivity contribution in [1.29, 1.82) is 5.26 Å². The lowest BCUT2D eigenvalue weighted by atomic mass is 10.3. The summed E-state index contributed by atoms with van der Waals surface area (Å²) in [6.45, 7) is 0.656. The second kappa shape index (κ2) is 4.45. The van der Waals surface area contributed by atoms with E-state index in [9.17, 15) is 0 Å². The first-order valence-electron chi connectivity index (χ1n) is 4.84. The van der Waals surface area contributed by atoms with Crippen LogP contribution < -0.4 is 5.32 Å². The van der Waals surface area contributed by atoms with Gasteiger partial charge in [-0.2, -0.15) is 5.26 Å².